The normalized spacial score (nSPS) is 11.4. The number of rotatable bonds is 6. The van der Waals surface area contributed by atoms with Crippen molar-refractivity contribution in [2.45, 2.75) is 4.90 Å². The zero-order chi connectivity index (χ0) is 25.3. The molecule has 3 aromatic heterocycles. The number of hydrogen-bond donors (Lipinski definition) is 2. The lowest BCUT2D eigenvalue weighted by molar-refractivity contribution is 0.102. The molecular weight excluding hydrogens is 502 g/mol. The standard InChI is InChI=1S/C24H18ClN7O3S/c1-32-14-15(13-26-32)21-12-19(18-4-2-3-5-20(18)28-21)24(33)27-16-6-8-17(9-7-16)36(34,35)31-23-11-10-22(25)29-30-23/h2-14H,1H3,(H,27,33)(H,30,31). The number of carbonyl (C=O) groups is 1. The molecule has 12 heteroatoms. The van der Waals surface area contributed by atoms with Crippen molar-refractivity contribution in [3.63, 3.8) is 0 Å². The van der Waals surface area contributed by atoms with Crippen LogP contribution in [0.5, 0.6) is 0 Å². The van der Waals surface area contributed by atoms with Gasteiger partial charge in [-0.1, -0.05) is 29.8 Å². The molecule has 0 saturated heterocycles. The van der Waals surface area contributed by atoms with Crippen LogP contribution in [0.4, 0.5) is 11.5 Å². The number of halogens is 1. The summed E-state index contributed by atoms with van der Waals surface area (Å²) in [5.74, 6) is -0.324. The maximum absolute atomic E-state index is 13.3. The maximum Gasteiger partial charge on any atom is 0.263 e. The lowest BCUT2D eigenvalue weighted by atomic mass is 10.0. The molecule has 180 valence electrons. The van der Waals surface area contributed by atoms with Crippen molar-refractivity contribution in [1.82, 2.24) is 25.0 Å². The number of benzene rings is 2. The Morgan fingerprint density at radius 1 is 1.00 bits per heavy atom. The van der Waals surface area contributed by atoms with Crippen molar-refractivity contribution in [2.75, 3.05) is 10.0 Å². The number of para-hydroxylation sites is 1. The first-order valence-electron chi connectivity index (χ1n) is 10.6. The van der Waals surface area contributed by atoms with Crippen molar-refractivity contribution >= 4 is 49.9 Å². The summed E-state index contributed by atoms with van der Waals surface area (Å²) in [7, 11) is -2.11. The Balaban J connectivity index is 1.40. The van der Waals surface area contributed by atoms with E-state index in [-0.39, 0.29) is 21.8 Å². The van der Waals surface area contributed by atoms with Gasteiger partial charge in [0.25, 0.3) is 15.9 Å². The highest BCUT2D eigenvalue weighted by molar-refractivity contribution is 7.92. The van der Waals surface area contributed by atoms with Crippen LogP contribution in [0.2, 0.25) is 5.15 Å². The number of fused-ring (bicyclic) bond motifs is 1. The first-order valence-corrected chi connectivity index (χ1v) is 12.5. The Bertz CT molecular complexity index is 1690. The number of sulfonamides is 1. The van der Waals surface area contributed by atoms with Gasteiger partial charge in [-0.3, -0.25) is 14.2 Å². The van der Waals surface area contributed by atoms with Crippen LogP contribution in [-0.4, -0.2) is 39.3 Å². The van der Waals surface area contributed by atoms with Gasteiger partial charge in [-0.05, 0) is 48.5 Å². The molecule has 0 atom stereocenters. The quantitative estimate of drug-likeness (QED) is 0.344. The van der Waals surface area contributed by atoms with Crippen molar-refractivity contribution in [1.29, 1.82) is 0 Å². The molecule has 3 heterocycles. The molecule has 5 aromatic rings. The number of amides is 1. The third-order valence-corrected chi connectivity index (χ3v) is 6.83. The summed E-state index contributed by atoms with van der Waals surface area (Å²) in [6.45, 7) is 0. The molecular formula is C24H18ClN7O3S. The minimum Gasteiger partial charge on any atom is -0.322 e. The van der Waals surface area contributed by atoms with E-state index < -0.39 is 10.0 Å². The fraction of sp³-hybridized carbons (Fsp3) is 0.0417. The number of nitrogens with zero attached hydrogens (tertiary/aromatic N) is 5. The lowest BCUT2D eigenvalue weighted by Gasteiger charge is -2.11. The Morgan fingerprint density at radius 2 is 1.78 bits per heavy atom. The smallest absolute Gasteiger partial charge is 0.263 e. The molecule has 5 rings (SSSR count). The molecule has 2 aromatic carbocycles. The van der Waals surface area contributed by atoms with Crippen LogP contribution < -0.4 is 10.0 Å². The molecule has 0 fully saturated rings. The summed E-state index contributed by atoms with van der Waals surface area (Å²) in [6.07, 6.45) is 3.50. The summed E-state index contributed by atoms with van der Waals surface area (Å²) in [6, 6.07) is 17.7. The van der Waals surface area contributed by atoms with E-state index in [9.17, 15) is 13.2 Å². The highest BCUT2D eigenvalue weighted by atomic mass is 35.5. The SMILES string of the molecule is Cn1cc(-c2cc(C(=O)Nc3ccc(S(=O)(=O)Nc4ccc(Cl)nn4)cc3)c3ccccc3n2)cn1. The molecule has 10 nitrogen and oxygen atoms in total. The molecule has 0 aliphatic carbocycles. The zero-order valence-corrected chi connectivity index (χ0v) is 20.3. The van der Waals surface area contributed by atoms with Crippen molar-refractivity contribution < 1.29 is 13.2 Å². The van der Waals surface area contributed by atoms with Crippen molar-refractivity contribution in [3.05, 3.63) is 89.8 Å². The number of carbonyl (C=O) groups excluding carboxylic acids is 1. The van der Waals surface area contributed by atoms with Gasteiger partial charge in [-0.25, -0.2) is 13.4 Å². The van der Waals surface area contributed by atoms with Gasteiger partial charge in [0.15, 0.2) is 11.0 Å². The van der Waals surface area contributed by atoms with Crippen LogP contribution in [-0.2, 0) is 17.1 Å². The average Bonchev–Trinajstić information content (AvgIpc) is 3.31. The zero-order valence-electron chi connectivity index (χ0n) is 18.8. The molecule has 0 aliphatic rings. The van der Waals surface area contributed by atoms with Gasteiger partial charge >= 0.3 is 0 Å². The van der Waals surface area contributed by atoms with Gasteiger partial charge in [-0.2, -0.15) is 5.10 Å². The van der Waals surface area contributed by atoms with Gasteiger partial charge in [0.2, 0.25) is 0 Å². The third-order valence-electron chi connectivity index (χ3n) is 5.25. The molecule has 0 unspecified atom stereocenters. The van der Waals surface area contributed by atoms with Crippen LogP contribution >= 0.6 is 11.6 Å². The molecule has 36 heavy (non-hydrogen) atoms. The van der Waals surface area contributed by atoms with Gasteiger partial charge in [0.05, 0.1) is 27.9 Å². The number of anilines is 2. The molecule has 0 bridgehead atoms. The summed E-state index contributed by atoms with van der Waals surface area (Å²) in [4.78, 5) is 17.9. The molecule has 0 spiro atoms. The maximum atomic E-state index is 13.3. The topological polar surface area (TPSA) is 132 Å². The van der Waals surface area contributed by atoms with E-state index in [0.717, 1.165) is 5.56 Å². The van der Waals surface area contributed by atoms with Crippen LogP contribution in [0.15, 0.2) is 84.0 Å². The summed E-state index contributed by atoms with van der Waals surface area (Å²) < 4.78 is 29.3. The summed E-state index contributed by atoms with van der Waals surface area (Å²) in [5.41, 5.74) is 2.92. The third kappa shape index (κ3) is 4.88. The first kappa shape index (κ1) is 23.4. The van der Waals surface area contributed by atoms with Gasteiger partial charge in [-0.15, -0.1) is 10.2 Å². The second-order valence-electron chi connectivity index (χ2n) is 7.80. The Labute approximate surface area is 211 Å². The minimum atomic E-state index is -3.91. The van der Waals surface area contributed by atoms with E-state index in [1.165, 1.54) is 36.4 Å². The number of nitrogens with one attached hydrogen (secondary N) is 2. The molecule has 0 saturated carbocycles. The fourth-order valence-corrected chi connectivity index (χ4v) is 4.64. The lowest BCUT2D eigenvalue weighted by Crippen LogP contribution is -2.15. The van der Waals surface area contributed by atoms with Gasteiger partial charge < -0.3 is 5.32 Å². The monoisotopic (exact) mass is 519 g/mol. The van der Waals surface area contributed by atoms with E-state index in [0.29, 0.717) is 27.8 Å². The van der Waals surface area contributed by atoms with Crippen molar-refractivity contribution in [2.24, 2.45) is 7.05 Å². The number of aryl methyl sites for hydroxylation is 1. The van der Waals surface area contributed by atoms with Crippen LogP contribution in [0.3, 0.4) is 0 Å². The summed E-state index contributed by atoms with van der Waals surface area (Å²) in [5, 5.41) is 15.2. The van der Waals surface area contributed by atoms with E-state index in [4.69, 9.17) is 11.6 Å². The van der Waals surface area contributed by atoms with Crippen LogP contribution in [0.1, 0.15) is 10.4 Å². The molecule has 0 radical (unpaired) electrons. The van der Waals surface area contributed by atoms with E-state index >= 15 is 0 Å². The second-order valence-corrected chi connectivity index (χ2v) is 9.87. The minimum absolute atomic E-state index is 0.00882. The van der Waals surface area contributed by atoms with Gasteiger partial charge in [0.1, 0.15) is 0 Å². The summed E-state index contributed by atoms with van der Waals surface area (Å²) >= 11 is 5.68. The van der Waals surface area contributed by atoms with E-state index in [1.807, 2.05) is 30.5 Å². The Hall–Kier alpha value is -4.35. The van der Waals surface area contributed by atoms with Gasteiger partial charge in [0, 0.05) is 29.9 Å². The highest BCUT2D eigenvalue weighted by Crippen LogP contribution is 2.26. The van der Waals surface area contributed by atoms with Crippen LogP contribution in [0.25, 0.3) is 22.2 Å². The Kier molecular flexibility index (Phi) is 6.08. The first-order chi connectivity index (χ1) is 17.3. The second kappa shape index (κ2) is 9.36. The fourth-order valence-electron chi connectivity index (χ4n) is 3.55. The predicted octanol–water partition coefficient (Wildman–Crippen LogP) is 4.13. The molecule has 2 N–H and O–H groups in total. The average molecular weight is 520 g/mol. The van der Waals surface area contributed by atoms with Crippen molar-refractivity contribution in [3.8, 4) is 11.3 Å². The number of aromatic nitrogens is 5. The highest BCUT2D eigenvalue weighted by Gasteiger charge is 2.17. The number of hydrogen-bond acceptors (Lipinski definition) is 7. The predicted molar refractivity (Wildman–Crippen MR) is 136 cm³/mol. The number of pyridine rings is 1. The largest absolute Gasteiger partial charge is 0.322 e. The van der Waals surface area contributed by atoms with E-state index in [1.54, 1.807) is 24.0 Å². The van der Waals surface area contributed by atoms with Crippen LogP contribution in [0, 0.1) is 0 Å². The molecule has 1 amide bonds. The van der Waals surface area contributed by atoms with E-state index in [2.05, 4.69) is 30.3 Å². The molecule has 0 aliphatic heterocycles. The Morgan fingerprint density at radius 3 is 2.47 bits per heavy atom.